The number of rotatable bonds is 6. The van der Waals surface area contributed by atoms with Crippen molar-refractivity contribution in [1.82, 2.24) is 5.32 Å². The van der Waals surface area contributed by atoms with Gasteiger partial charge >= 0.3 is 0 Å². The molecule has 1 heterocycles. The van der Waals surface area contributed by atoms with Crippen LogP contribution in [0.5, 0.6) is 0 Å². The van der Waals surface area contributed by atoms with Gasteiger partial charge in [-0.25, -0.2) is 0 Å². The predicted octanol–water partition coefficient (Wildman–Crippen LogP) is 2.09. The van der Waals surface area contributed by atoms with Crippen LogP contribution in [0.2, 0.25) is 0 Å². The van der Waals surface area contributed by atoms with Crippen LogP contribution >= 0.6 is 0 Å². The highest BCUT2D eigenvalue weighted by atomic mass is 16.5. The summed E-state index contributed by atoms with van der Waals surface area (Å²) in [6.07, 6.45) is 2.75. The maximum atomic E-state index is 12.2. The average Bonchev–Trinajstić information content (AvgIpc) is 2.49. The topological polar surface area (TPSA) is 58.6 Å². The Labute approximate surface area is 132 Å². The van der Waals surface area contributed by atoms with Crippen LogP contribution < -0.4 is 5.32 Å². The van der Waals surface area contributed by atoms with Gasteiger partial charge in [-0.05, 0) is 36.3 Å². The lowest BCUT2D eigenvalue weighted by molar-refractivity contribution is -0.124. The summed E-state index contributed by atoms with van der Waals surface area (Å²) < 4.78 is 5.31. The van der Waals surface area contributed by atoms with Crippen molar-refractivity contribution in [3.8, 4) is 0 Å². The number of carbonyl (C=O) groups excluding carboxylic acids is 1. The Hall–Kier alpha value is -1.39. The highest BCUT2D eigenvalue weighted by Crippen LogP contribution is 2.20. The van der Waals surface area contributed by atoms with E-state index in [1.807, 2.05) is 12.1 Å². The van der Waals surface area contributed by atoms with Crippen LogP contribution in [0, 0.1) is 5.92 Å². The zero-order chi connectivity index (χ0) is 16.0. The molecular formula is C18H27NO3. The van der Waals surface area contributed by atoms with E-state index in [1.165, 1.54) is 5.56 Å². The van der Waals surface area contributed by atoms with Gasteiger partial charge in [0.1, 0.15) is 0 Å². The van der Waals surface area contributed by atoms with Gasteiger partial charge in [-0.3, -0.25) is 4.79 Å². The zero-order valence-corrected chi connectivity index (χ0v) is 13.6. The molecule has 1 amide bonds. The molecule has 1 aliphatic rings. The molecule has 0 saturated carbocycles. The molecule has 0 aromatic heterocycles. The molecule has 2 N–H and O–H groups in total. The second kappa shape index (κ2) is 7.75. The smallest absolute Gasteiger partial charge is 0.224 e. The molecule has 1 aromatic carbocycles. The number of aliphatic hydroxyl groups is 1. The number of hydrogen-bond acceptors (Lipinski definition) is 3. The van der Waals surface area contributed by atoms with Crippen LogP contribution in [0.3, 0.4) is 0 Å². The summed E-state index contributed by atoms with van der Waals surface area (Å²) in [6, 6.07) is 8.23. The van der Waals surface area contributed by atoms with Crippen molar-refractivity contribution in [2.75, 3.05) is 19.8 Å². The largest absolute Gasteiger partial charge is 0.394 e. The third kappa shape index (κ3) is 4.82. The maximum Gasteiger partial charge on any atom is 0.224 e. The summed E-state index contributed by atoms with van der Waals surface area (Å²) in [5.41, 5.74) is 1.80. The number of hydrogen-bond donors (Lipinski definition) is 2. The van der Waals surface area contributed by atoms with Gasteiger partial charge in [0.2, 0.25) is 5.91 Å². The summed E-state index contributed by atoms with van der Waals surface area (Å²) in [4.78, 5) is 12.2. The Morgan fingerprint density at radius 2 is 1.82 bits per heavy atom. The molecule has 0 radical (unpaired) electrons. The van der Waals surface area contributed by atoms with E-state index >= 15 is 0 Å². The number of ether oxygens (including phenoxy) is 1. The Kier molecular flexibility index (Phi) is 5.98. The van der Waals surface area contributed by atoms with Gasteiger partial charge < -0.3 is 15.2 Å². The van der Waals surface area contributed by atoms with E-state index in [2.05, 4.69) is 31.3 Å². The molecule has 1 saturated heterocycles. The van der Waals surface area contributed by atoms with Gasteiger partial charge in [-0.2, -0.15) is 0 Å². The van der Waals surface area contributed by atoms with Crippen molar-refractivity contribution in [1.29, 1.82) is 0 Å². The minimum absolute atomic E-state index is 0.0323. The van der Waals surface area contributed by atoms with Crippen molar-refractivity contribution in [3.05, 3.63) is 35.4 Å². The third-order valence-electron chi connectivity index (χ3n) is 4.19. The SMILES string of the molecule is CC(C)Cc1ccc(CC(=O)NC2(CO)CCOCC2)cc1. The van der Waals surface area contributed by atoms with Crippen LogP contribution in [0.15, 0.2) is 24.3 Å². The van der Waals surface area contributed by atoms with E-state index < -0.39 is 5.54 Å². The molecule has 0 spiro atoms. The molecule has 122 valence electrons. The van der Waals surface area contributed by atoms with Crippen molar-refractivity contribution < 1.29 is 14.6 Å². The van der Waals surface area contributed by atoms with E-state index in [4.69, 9.17) is 4.74 Å². The van der Waals surface area contributed by atoms with Gasteiger partial charge in [0.15, 0.2) is 0 Å². The van der Waals surface area contributed by atoms with E-state index in [-0.39, 0.29) is 12.5 Å². The fraction of sp³-hybridized carbons (Fsp3) is 0.611. The quantitative estimate of drug-likeness (QED) is 0.846. The van der Waals surface area contributed by atoms with E-state index in [9.17, 15) is 9.90 Å². The number of carbonyl (C=O) groups is 1. The lowest BCUT2D eigenvalue weighted by atomic mass is 9.90. The molecule has 4 nitrogen and oxygen atoms in total. The fourth-order valence-electron chi connectivity index (χ4n) is 2.87. The number of benzene rings is 1. The highest BCUT2D eigenvalue weighted by Gasteiger charge is 2.33. The Balaban J connectivity index is 1.91. The van der Waals surface area contributed by atoms with E-state index in [0.29, 0.717) is 38.4 Å². The molecule has 22 heavy (non-hydrogen) atoms. The second-order valence-corrected chi connectivity index (χ2v) is 6.69. The van der Waals surface area contributed by atoms with Crippen molar-refractivity contribution in [2.45, 2.75) is 45.1 Å². The van der Waals surface area contributed by atoms with Crippen LogP contribution in [0.4, 0.5) is 0 Å². The molecule has 0 aliphatic carbocycles. The standard InChI is InChI=1S/C18H27NO3/c1-14(2)11-15-3-5-16(6-4-15)12-17(21)19-18(13-20)7-9-22-10-8-18/h3-6,14,20H,7-13H2,1-2H3,(H,19,21). The second-order valence-electron chi connectivity index (χ2n) is 6.69. The first-order valence-electron chi connectivity index (χ1n) is 8.10. The number of nitrogens with one attached hydrogen (secondary N) is 1. The normalized spacial score (nSPS) is 17.5. The minimum Gasteiger partial charge on any atom is -0.394 e. The lowest BCUT2D eigenvalue weighted by Gasteiger charge is -2.36. The first-order chi connectivity index (χ1) is 10.5. The molecular weight excluding hydrogens is 278 g/mol. The molecule has 1 aromatic rings. The van der Waals surface area contributed by atoms with Gasteiger partial charge in [-0.15, -0.1) is 0 Å². The van der Waals surface area contributed by atoms with Gasteiger partial charge in [0, 0.05) is 13.2 Å². The van der Waals surface area contributed by atoms with Crippen LogP contribution in [-0.2, 0) is 22.4 Å². The van der Waals surface area contributed by atoms with Gasteiger partial charge in [-0.1, -0.05) is 38.1 Å². The first kappa shape index (κ1) is 17.0. The first-order valence-corrected chi connectivity index (χ1v) is 8.10. The maximum absolute atomic E-state index is 12.2. The molecule has 0 atom stereocenters. The Morgan fingerprint density at radius 1 is 1.23 bits per heavy atom. The fourth-order valence-corrected chi connectivity index (χ4v) is 2.87. The number of aliphatic hydroxyl groups excluding tert-OH is 1. The third-order valence-corrected chi connectivity index (χ3v) is 4.19. The number of amides is 1. The zero-order valence-electron chi connectivity index (χ0n) is 13.6. The molecule has 0 unspecified atom stereocenters. The minimum atomic E-state index is -0.507. The van der Waals surface area contributed by atoms with Gasteiger partial charge in [0.05, 0.1) is 18.6 Å². The summed E-state index contributed by atoms with van der Waals surface area (Å²) in [7, 11) is 0. The van der Waals surface area contributed by atoms with Crippen LogP contribution in [-0.4, -0.2) is 36.4 Å². The molecule has 1 aliphatic heterocycles. The molecule has 4 heteroatoms. The summed E-state index contributed by atoms with van der Waals surface area (Å²) in [5, 5.41) is 12.6. The molecule has 0 bridgehead atoms. The van der Waals surface area contributed by atoms with Crippen LogP contribution in [0.25, 0.3) is 0 Å². The summed E-state index contributed by atoms with van der Waals surface area (Å²) in [6.45, 7) is 5.54. The van der Waals surface area contributed by atoms with Crippen molar-refractivity contribution in [2.24, 2.45) is 5.92 Å². The van der Waals surface area contributed by atoms with E-state index in [0.717, 1.165) is 12.0 Å². The van der Waals surface area contributed by atoms with Gasteiger partial charge in [0.25, 0.3) is 0 Å². The average molecular weight is 305 g/mol. The summed E-state index contributed by atoms with van der Waals surface area (Å²) >= 11 is 0. The monoisotopic (exact) mass is 305 g/mol. The Morgan fingerprint density at radius 3 is 2.36 bits per heavy atom. The molecule has 2 rings (SSSR count). The van der Waals surface area contributed by atoms with Crippen molar-refractivity contribution in [3.63, 3.8) is 0 Å². The Bertz CT molecular complexity index is 476. The lowest BCUT2D eigenvalue weighted by Crippen LogP contribution is -2.55. The van der Waals surface area contributed by atoms with E-state index in [1.54, 1.807) is 0 Å². The molecule has 1 fully saturated rings. The van der Waals surface area contributed by atoms with Crippen molar-refractivity contribution >= 4 is 5.91 Å². The highest BCUT2D eigenvalue weighted by molar-refractivity contribution is 5.79. The summed E-state index contributed by atoms with van der Waals surface area (Å²) in [5.74, 6) is 0.597. The van der Waals surface area contributed by atoms with Crippen LogP contribution in [0.1, 0.15) is 37.8 Å². The predicted molar refractivity (Wildman–Crippen MR) is 86.7 cm³/mol.